The van der Waals surface area contributed by atoms with E-state index in [2.05, 4.69) is 0 Å². The summed E-state index contributed by atoms with van der Waals surface area (Å²) in [6.45, 7) is 2.71. The van der Waals surface area contributed by atoms with E-state index in [9.17, 15) is 19.5 Å². The lowest BCUT2D eigenvalue weighted by molar-refractivity contribution is -0.138. The molecule has 0 bridgehead atoms. The molecule has 6 nitrogen and oxygen atoms in total. The van der Waals surface area contributed by atoms with Crippen LogP contribution in [0.25, 0.3) is 5.76 Å². The molecule has 2 aliphatic rings. The minimum Gasteiger partial charge on any atom is -0.506 e. The summed E-state index contributed by atoms with van der Waals surface area (Å²) in [5, 5.41) is 19.4. The molecule has 1 aromatic carbocycles. The molecule has 1 fully saturated rings. The summed E-state index contributed by atoms with van der Waals surface area (Å²) >= 11 is 0. The van der Waals surface area contributed by atoms with Crippen molar-refractivity contribution >= 4 is 23.3 Å². The minimum atomic E-state index is -1.12. The van der Waals surface area contributed by atoms with Gasteiger partial charge in [0.05, 0.1) is 11.8 Å². The molecule has 0 saturated carbocycles. The Kier molecular flexibility index (Phi) is 4.47. The lowest BCUT2D eigenvalue weighted by atomic mass is 9.63. The summed E-state index contributed by atoms with van der Waals surface area (Å²) in [6, 6.07) is 5.42. The Morgan fingerprint density at radius 3 is 2.52 bits per heavy atom. The lowest BCUT2D eigenvalue weighted by Crippen LogP contribution is -2.46. The number of fused-ring (bicyclic) bond motifs is 2. The number of allylic oxidation sites excluding steroid dienone is 1. The largest absolute Gasteiger partial charge is 0.506 e. The average Bonchev–Trinajstić information content (AvgIpc) is 2.59. The topological polar surface area (TPSA) is 101 Å². The highest BCUT2D eigenvalue weighted by atomic mass is 16.5. The molecule has 2 N–H and O–H groups in total. The van der Waals surface area contributed by atoms with Crippen molar-refractivity contribution in [2.75, 3.05) is 13.2 Å². The summed E-state index contributed by atoms with van der Waals surface area (Å²) in [7, 11) is 0. The summed E-state index contributed by atoms with van der Waals surface area (Å²) in [6.07, 6.45) is 0.185. The maximum atomic E-state index is 13.2. The quantitative estimate of drug-likeness (QED) is 0.813. The Hall–Kier alpha value is -2.47. The number of carbonyl (C=O) groups excluding carboxylic acids is 2. The van der Waals surface area contributed by atoms with Crippen LogP contribution in [-0.2, 0) is 24.5 Å². The highest BCUT2D eigenvalue weighted by molar-refractivity contribution is 6.29. The minimum absolute atomic E-state index is 0.264. The van der Waals surface area contributed by atoms with E-state index in [4.69, 9.17) is 9.84 Å². The third-order valence-corrected chi connectivity index (χ3v) is 5.04. The molecule has 1 spiro atoms. The van der Waals surface area contributed by atoms with Gasteiger partial charge in [-0.1, -0.05) is 23.8 Å². The second-order valence-corrected chi connectivity index (χ2v) is 6.61. The Bertz CT molecular complexity index is 783. The van der Waals surface area contributed by atoms with Gasteiger partial charge in [-0.2, -0.15) is 0 Å². The molecule has 0 unspecified atom stereocenters. The van der Waals surface area contributed by atoms with Gasteiger partial charge in [-0.05, 0) is 25.3 Å². The summed E-state index contributed by atoms with van der Waals surface area (Å²) in [4.78, 5) is 36.5. The van der Waals surface area contributed by atoms with E-state index in [0.29, 0.717) is 31.6 Å². The number of hydrogen-bond donors (Lipinski definition) is 2. The third-order valence-electron chi connectivity index (χ3n) is 5.04. The van der Waals surface area contributed by atoms with Crippen molar-refractivity contribution in [3.05, 3.63) is 40.5 Å². The number of aryl methyl sites for hydroxylation is 1. The predicted octanol–water partition coefficient (Wildman–Crippen LogP) is 2.33. The molecule has 3 rings (SSSR count). The van der Waals surface area contributed by atoms with Crippen molar-refractivity contribution < 1.29 is 29.3 Å². The highest BCUT2D eigenvalue weighted by Gasteiger charge is 2.49. The number of aliphatic carboxylic acids is 1. The van der Waals surface area contributed by atoms with E-state index < -0.39 is 23.0 Å². The van der Waals surface area contributed by atoms with Crippen molar-refractivity contribution in [1.82, 2.24) is 0 Å². The van der Waals surface area contributed by atoms with Crippen LogP contribution in [0.15, 0.2) is 23.8 Å². The van der Waals surface area contributed by atoms with Gasteiger partial charge in [-0.25, -0.2) is 0 Å². The number of rotatable bonds is 4. The van der Waals surface area contributed by atoms with Crippen LogP contribution in [0.4, 0.5) is 0 Å². The number of aliphatic hydroxyl groups excluding tert-OH is 1. The second kappa shape index (κ2) is 6.44. The first-order valence-electron chi connectivity index (χ1n) is 8.29. The molecule has 1 aromatic rings. The SMILES string of the molecule is Cc1ccc2c(c1)C1(CCOCC1)C(=O)C(C(=O)CCC(=O)O)=C2O. The Labute approximate surface area is 145 Å². The summed E-state index contributed by atoms with van der Waals surface area (Å²) < 4.78 is 5.40. The standard InChI is InChI=1S/C19H20O6/c1-11-2-3-12-13(10-11)19(6-8-25-9-7-19)18(24)16(17(12)23)14(20)4-5-15(21)22/h2-3,10,23H,4-9H2,1H3,(H,21,22). The van der Waals surface area contributed by atoms with Gasteiger partial charge in [0, 0.05) is 25.2 Å². The number of benzene rings is 1. The van der Waals surface area contributed by atoms with Crippen LogP contribution in [0.1, 0.15) is 42.4 Å². The molecule has 1 saturated heterocycles. The van der Waals surface area contributed by atoms with Crippen LogP contribution in [0.3, 0.4) is 0 Å². The van der Waals surface area contributed by atoms with E-state index in [-0.39, 0.29) is 24.2 Å². The van der Waals surface area contributed by atoms with E-state index >= 15 is 0 Å². The number of carbonyl (C=O) groups is 3. The molecule has 0 aromatic heterocycles. The number of ether oxygens (including phenoxy) is 1. The van der Waals surface area contributed by atoms with Gasteiger partial charge in [-0.15, -0.1) is 0 Å². The van der Waals surface area contributed by atoms with Gasteiger partial charge >= 0.3 is 5.97 Å². The number of aliphatic hydroxyl groups is 1. The van der Waals surface area contributed by atoms with Crippen LogP contribution in [-0.4, -0.2) is 41.0 Å². The molecule has 1 aliphatic heterocycles. The molecule has 0 atom stereocenters. The number of ketones is 2. The van der Waals surface area contributed by atoms with Gasteiger partial charge in [0.1, 0.15) is 11.3 Å². The van der Waals surface area contributed by atoms with Crippen molar-refractivity contribution in [2.45, 2.75) is 38.0 Å². The van der Waals surface area contributed by atoms with Gasteiger partial charge < -0.3 is 14.9 Å². The van der Waals surface area contributed by atoms with Crippen LogP contribution in [0, 0.1) is 6.92 Å². The fraction of sp³-hybridized carbons (Fsp3) is 0.421. The van der Waals surface area contributed by atoms with Crippen molar-refractivity contribution in [2.24, 2.45) is 0 Å². The molecular weight excluding hydrogens is 324 g/mol. The fourth-order valence-corrected chi connectivity index (χ4v) is 3.68. The van der Waals surface area contributed by atoms with Crippen molar-refractivity contribution in [1.29, 1.82) is 0 Å². The highest BCUT2D eigenvalue weighted by Crippen LogP contribution is 2.46. The molecule has 6 heteroatoms. The maximum Gasteiger partial charge on any atom is 0.303 e. The summed E-state index contributed by atoms with van der Waals surface area (Å²) in [5.74, 6) is -2.50. The molecule has 132 valence electrons. The number of carboxylic acid groups (broad SMARTS) is 1. The monoisotopic (exact) mass is 344 g/mol. The van der Waals surface area contributed by atoms with Crippen LogP contribution >= 0.6 is 0 Å². The van der Waals surface area contributed by atoms with Crippen LogP contribution in [0.5, 0.6) is 0 Å². The lowest BCUT2D eigenvalue weighted by Gasteiger charge is -2.40. The summed E-state index contributed by atoms with van der Waals surface area (Å²) in [5.41, 5.74) is 1.02. The molecule has 25 heavy (non-hydrogen) atoms. The first-order valence-corrected chi connectivity index (χ1v) is 8.29. The van der Waals surface area contributed by atoms with Crippen LogP contribution < -0.4 is 0 Å². The Morgan fingerprint density at radius 1 is 1.20 bits per heavy atom. The molecule has 1 heterocycles. The number of Topliss-reactive ketones (excluding diaryl/α,β-unsaturated/α-hetero) is 2. The smallest absolute Gasteiger partial charge is 0.303 e. The number of carboxylic acids is 1. The van der Waals surface area contributed by atoms with E-state index in [0.717, 1.165) is 11.1 Å². The van der Waals surface area contributed by atoms with Gasteiger partial charge in [-0.3, -0.25) is 14.4 Å². The number of hydrogen-bond acceptors (Lipinski definition) is 5. The second-order valence-electron chi connectivity index (χ2n) is 6.61. The zero-order chi connectivity index (χ0) is 18.2. The van der Waals surface area contributed by atoms with Crippen molar-refractivity contribution in [3.63, 3.8) is 0 Å². The fourth-order valence-electron chi connectivity index (χ4n) is 3.68. The van der Waals surface area contributed by atoms with E-state index in [1.54, 1.807) is 6.07 Å². The third kappa shape index (κ3) is 2.87. The van der Waals surface area contributed by atoms with Gasteiger partial charge in [0.2, 0.25) is 0 Å². The first kappa shape index (κ1) is 17.4. The van der Waals surface area contributed by atoms with Gasteiger partial charge in [0.25, 0.3) is 0 Å². The molecule has 0 amide bonds. The van der Waals surface area contributed by atoms with E-state index in [1.807, 2.05) is 19.1 Å². The molecule has 0 radical (unpaired) electrons. The van der Waals surface area contributed by atoms with Gasteiger partial charge in [0.15, 0.2) is 11.6 Å². The first-order chi connectivity index (χ1) is 11.9. The molecule has 1 aliphatic carbocycles. The molecular formula is C19H20O6. The zero-order valence-electron chi connectivity index (χ0n) is 14.0. The maximum absolute atomic E-state index is 13.2. The Morgan fingerprint density at radius 2 is 1.88 bits per heavy atom. The average molecular weight is 344 g/mol. The Balaban J connectivity index is 2.14. The normalized spacial score (nSPS) is 19.0. The van der Waals surface area contributed by atoms with Crippen molar-refractivity contribution in [3.8, 4) is 0 Å². The zero-order valence-corrected chi connectivity index (χ0v) is 14.0. The van der Waals surface area contributed by atoms with Crippen LogP contribution in [0.2, 0.25) is 0 Å². The predicted molar refractivity (Wildman–Crippen MR) is 89.3 cm³/mol. The van der Waals surface area contributed by atoms with E-state index in [1.165, 1.54) is 0 Å².